The number of hydrogen-bond donors (Lipinski definition) is 3. The van der Waals surface area contributed by atoms with Gasteiger partial charge in [0.15, 0.2) is 0 Å². The molecule has 1 unspecified atom stereocenters. The van der Waals surface area contributed by atoms with Crippen LogP contribution in [0.5, 0.6) is 17.4 Å². The predicted octanol–water partition coefficient (Wildman–Crippen LogP) is 6.75. The summed E-state index contributed by atoms with van der Waals surface area (Å²) in [5, 5.41) is 29.5. The minimum Gasteiger partial charge on any atom is -0.496 e. The predicted molar refractivity (Wildman–Crippen MR) is 211 cm³/mol. The minimum absolute atomic E-state index is 0.0879. The number of aliphatic carboxylic acids is 1. The van der Waals surface area contributed by atoms with E-state index in [2.05, 4.69) is 17.3 Å². The molecular weight excluding hydrogens is 722 g/mol. The fourth-order valence-corrected chi connectivity index (χ4v) is 8.29. The Hall–Kier alpha value is -4.72. The highest BCUT2D eigenvalue weighted by Crippen LogP contribution is 2.41. The second-order valence-electron chi connectivity index (χ2n) is 14.3. The van der Waals surface area contributed by atoms with E-state index in [9.17, 15) is 15.0 Å². The number of ether oxygens (including phenoxy) is 4. The van der Waals surface area contributed by atoms with Crippen molar-refractivity contribution < 1.29 is 34.0 Å². The molecule has 7 rings (SSSR count). The lowest BCUT2D eigenvalue weighted by molar-refractivity contribution is -0.143. The van der Waals surface area contributed by atoms with Crippen molar-refractivity contribution in [3.63, 3.8) is 0 Å². The minimum atomic E-state index is -0.696. The smallest absolute Gasteiger partial charge is 0.306 e. The highest BCUT2D eigenvalue weighted by atomic mass is 35.5. The number of aliphatic hydroxyl groups excluding tert-OH is 1. The summed E-state index contributed by atoms with van der Waals surface area (Å²) in [4.78, 5) is 18.6. The number of carboxylic acid groups (broad SMARTS) is 1. The molecule has 0 amide bonds. The molecule has 290 valence electrons. The lowest BCUT2D eigenvalue weighted by atomic mass is 9.85. The van der Waals surface area contributed by atoms with E-state index < -0.39 is 12.1 Å². The largest absolute Gasteiger partial charge is 0.496 e. The third kappa shape index (κ3) is 8.01. The first-order valence-electron chi connectivity index (χ1n) is 18.7. The number of carboxylic acids is 1. The zero-order valence-corrected chi connectivity index (χ0v) is 32.4. The van der Waals surface area contributed by atoms with Crippen LogP contribution in [0, 0.1) is 5.92 Å². The maximum atomic E-state index is 11.4. The summed E-state index contributed by atoms with van der Waals surface area (Å²) in [5.74, 6) is 0.869. The molecule has 1 saturated carbocycles. The van der Waals surface area contributed by atoms with Gasteiger partial charge in [0.2, 0.25) is 5.88 Å². The average Bonchev–Trinajstić information content (AvgIpc) is 3.65. The van der Waals surface area contributed by atoms with Crippen molar-refractivity contribution in [3.05, 3.63) is 83.0 Å². The Morgan fingerprint density at radius 3 is 2.36 bits per heavy atom. The zero-order chi connectivity index (χ0) is 38.6. The number of halogens is 1. The Morgan fingerprint density at radius 2 is 1.67 bits per heavy atom. The monoisotopic (exact) mass is 769 g/mol. The van der Waals surface area contributed by atoms with Gasteiger partial charge in [-0.05, 0) is 56.8 Å². The van der Waals surface area contributed by atoms with E-state index in [-0.39, 0.29) is 12.0 Å². The van der Waals surface area contributed by atoms with Crippen LogP contribution >= 0.6 is 11.6 Å². The fourth-order valence-electron chi connectivity index (χ4n) is 7.97. The number of rotatable bonds is 13. The molecule has 2 atom stereocenters. The molecule has 1 saturated heterocycles. The molecule has 12 nitrogen and oxygen atoms in total. The van der Waals surface area contributed by atoms with Crippen molar-refractivity contribution in [1.29, 1.82) is 0 Å². The molecule has 0 radical (unpaired) electrons. The Bertz CT molecular complexity index is 2130. The van der Waals surface area contributed by atoms with Crippen LogP contribution < -0.4 is 19.5 Å². The molecule has 3 heterocycles. The van der Waals surface area contributed by atoms with Crippen molar-refractivity contribution >= 4 is 28.5 Å². The fraction of sp³-hybridized carbons (Fsp3) is 0.405. The van der Waals surface area contributed by atoms with Crippen molar-refractivity contribution in [2.24, 2.45) is 5.92 Å². The van der Waals surface area contributed by atoms with Crippen molar-refractivity contribution in [2.75, 3.05) is 41.6 Å². The van der Waals surface area contributed by atoms with Crippen LogP contribution in [0.1, 0.15) is 43.2 Å². The molecule has 3 N–H and O–H groups in total. The molecule has 3 aromatic carbocycles. The summed E-state index contributed by atoms with van der Waals surface area (Å²) < 4.78 is 24.7. The summed E-state index contributed by atoms with van der Waals surface area (Å²) in [6.07, 6.45) is 5.08. The number of nitrogens with one attached hydrogen (secondary N) is 1. The number of benzene rings is 3. The first-order valence-corrected chi connectivity index (χ1v) is 19.1. The molecule has 0 spiro atoms. The third-order valence-corrected chi connectivity index (χ3v) is 11.5. The van der Waals surface area contributed by atoms with E-state index in [1.807, 2.05) is 71.5 Å². The summed E-state index contributed by atoms with van der Waals surface area (Å²) in [5.41, 5.74) is 6.69. The summed E-state index contributed by atoms with van der Waals surface area (Å²) in [6.45, 7) is 2.00. The number of aliphatic hydroxyl groups is 1. The van der Waals surface area contributed by atoms with Gasteiger partial charge in [0.05, 0.1) is 73.6 Å². The van der Waals surface area contributed by atoms with Gasteiger partial charge in [-0.2, -0.15) is 5.10 Å². The zero-order valence-electron chi connectivity index (χ0n) is 31.6. The third-order valence-electron chi connectivity index (χ3n) is 11.1. The highest BCUT2D eigenvalue weighted by molar-refractivity contribution is 6.36. The van der Waals surface area contributed by atoms with E-state index >= 15 is 0 Å². The molecule has 13 heteroatoms. The van der Waals surface area contributed by atoms with Crippen LogP contribution in [0.4, 0.5) is 0 Å². The van der Waals surface area contributed by atoms with Gasteiger partial charge in [-0.1, -0.05) is 48.0 Å². The average molecular weight is 770 g/mol. The van der Waals surface area contributed by atoms with E-state index in [0.29, 0.717) is 79.7 Å². The summed E-state index contributed by atoms with van der Waals surface area (Å²) in [6, 6.07) is 20.1. The maximum absolute atomic E-state index is 11.4. The lowest BCUT2D eigenvalue weighted by Gasteiger charge is -2.33. The lowest BCUT2D eigenvalue weighted by Crippen LogP contribution is -2.46. The number of nitrogens with zero attached hydrogens (tertiary/aromatic N) is 4. The van der Waals surface area contributed by atoms with Crippen LogP contribution in [-0.4, -0.2) is 95.6 Å². The van der Waals surface area contributed by atoms with E-state index in [1.165, 1.54) is 0 Å². The van der Waals surface area contributed by atoms with Gasteiger partial charge >= 0.3 is 5.97 Å². The molecule has 1 aliphatic heterocycles. The normalized spacial score (nSPS) is 20.1. The van der Waals surface area contributed by atoms with E-state index in [0.717, 1.165) is 57.2 Å². The number of methoxy groups -OCH3 is 3. The topological polar surface area (TPSA) is 140 Å². The van der Waals surface area contributed by atoms with E-state index in [1.54, 1.807) is 21.3 Å². The summed E-state index contributed by atoms with van der Waals surface area (Å²) >= 11 is 7.23. The van der Waals surface area contributed by atoms with Gasteiger partial charge in [-0.3, -0.25) is 9.69 Å². The van der Waals surface area contributed by atoms with E-state index in [4.69, 9.17) is 40.6 Å². The summed E-state index contributed by atoms with van der Waals surface area (Å²) in [7, 11) is 6.96. The van der Waals surface area contributed by atoms with Crippen LogP contribution in [0.2, 0.25) is 5.02 Å². The van der Waals surface area contributed by atoms with Crippen molar-refractivity contribution in [3.8, 4) is 45.5 Å². The van der Waals surface area contributed by atoms with Gasteiger partial charge < -0.3 is 34.5 Å². The maximum Gasteiger partial charge on any atom is 0.306 e. The quantitative estimate of drug-likeness (QED) is 0.117. The van der Waals surface area contributed by atoms with Crippen LogP contribution in [0.25, 0.3) is 39.0 Å². The number of hydrogen-bond acceptors (Lipinski definition) is 10. The Morgan fingerprint density at radius 1 is 0.964 bits per heavy atom. The first kappa shape index (κ1) is 38.6. The van der Waals surface area contributed by atoms with Crippen LogP contribution in [-0.2, 0) is 22.6 Å². The molecule has 2 aromatic heterocycles. The number of aromatic nitrogens is 3. The molecule has 1 aliphatic carbocycles. The van der Waals surface area contributed by atoms with Gasteiger partial charge in [0.1, 0.15) is 11.5 Å². The standard InChI is InChI=1S/C42H48ClN5O7/c1-47(27-14-11-25(12-15-27)42(50)51)23-26-13-16-34(46-41(26)54-4)31-9-5-8-30(40(31)43)29-7-6-10-36-32(29)22-45-48(36)28-19-38(52-2)33(39(20-28)53-3)21-44-35-17-18-55-24-37(35)49/h5-10,13,16,19-20,22,25,27,35,37,44,49H,11-12,14-15,17-18,21,23-24H2,1-4H3,(H,50,51)/t25?,27?,35-,37?/m1/s1. The number of fused-ring (bicyclic) bond motifs is 1. The first-order chi connectivity index (χ1) is 26.7. The Kier molecular flexibility index (Phi) is 11.9. The number of carbonyl (C=O) groups is 1. The molecular formula is C42H48ClN5O7. The van der Waals surface area contributed by atoms with Crippen LogP contribution in [0.15, 0.2) is 66.9 Å². The van der Waals surface area contributed by atoms with Gasteiger partial charge in [0, 0.05) is 66.0 Å². The molecule has 55 heavy (non-hydrogen) atoms. The van der Waals surface area contributed by atoms with Gasteiger partial charge in [-0.25, -0.2) is 9.67 Å². The molecule has 2 aliphatic rings. The van der Waals surface area contributed by atoms with Crippen molar-refractivity contribution in [2.45, 2.75) is 63.4 Å². The second-order valence-corrected chi connectivity index (χ2v) is 14.7. The van der Waals surface area contributed by atoms with Crippen LogP contribution in [0.3, 0.4) is 0 Å². The number of pyridine rings is 1. The SMILES string of the molecule is COc1cc(-n2ncc3c(-c4cccc(-c5ccc(CN(C)C6CCC(C(=O)O)CC6)c(OC)n5)c4Cl)cccc32)cc(OC)c1CN[C@@H]1CCOCC1O. The molecule has 0 bridgehead atoms. The van der Waals surface area contributed by atoms with Crippen molar-refractivity contribution in [1.82, 2.24) is 25.0 Å². The second kappa shape index (κ2) is 17.0. The van der Waals surface area contributed by atoms with Gasteiger partial charge in [-0.15, -0.1) is 0 Å². The molecule has 2 fully saturated rings. The molecule has 5 aromatic rings. The Balaban J connectivity index is 1.15. The Labute approximate surface area is 325 Å². The highest BCUT2D eigenvalue weighted by Gasteiger charge is 2.29. The van der Waals surface area contributed by atoms with Gasteiger partial charge in [0.25, 0.3) is 0 Å².